The number of carbonyl (C=O) groups is 1. The van der Waals surface area contributed by atoms with E-state index in [0.717, 1.165) is 22.0 Å². The first-order valence-corrected chi connectivity index (χ1v) is 10.0. The number of methoxy groups -OCH3 is 1. The van der Waals surface area contributed by atoms with Crippen LogP contribution >= 0.6 is 0 Å². The molecule has 6 heteroatoms. The predicted octanol–water partition coefficient (Wildman–Crippen LogP) is 4.87. The number of aromatic amines is 1. The Morgan fingerprint density at radius 1 is 1.03 bits per heavy atom. The summed E-state index contributed by atoms with van der Waals surface area (Å²) in [4.78, 5) is 15.6. The molecular weight excluding hydrogens is 395 g/mol. The van der Waals surface area contributed by atoms with Crippen molar-refractivity contribution in [3.63, 3.8) is 0 Å². The molecule has 0 bridgehead atoms. The van der Waals surface area contributed by atoms with Crippen LogP contribution in [-0.2, 0) is 13.0 Å². The molecule has 31 heavy (non-hydrogen) atoms. The van der Waals surface area contributed by atoms with Gasteiger partial charge in [0.05, 0.1) is 7.11 Å². The highest BCUT2D eigenvalue weighted by atomic mass is 19.1. The third-order valence-corrected chi connectivity index (χ3v) is 5.09. The summed E-state index contributed by atoms with van der Waals surface area (Å²) in [6.07, 6.45) is 2.47. The number of aromatic nitrogens is 1. The van der Waals surface area contributed by atoms with Gasteiger partial charge in [-0.2, -0.15) is 0 Å². The maximum atomic E-state index is 13.5. The van der Waals surface area contributed by atoms with Crippen LogP contribution in [0.4, 0.5) is 4.39 Å². The fourth-order valence-electron chi connectivity index (χ4n) is 3.42. The Kier molecular flexibility index (Phi) is 6.17. The predicted molar refractivity (Wildman–Crippen MR) is 118 cm³/mol. The quantitative estimate of drug-likeness (QED) is 0.429. The van der Waals surface area contributed by atoms with Crippen LogP contribution in [0.15, 0.2) is 72.9 Å². The summed E-state index contributed by atoms with van der Waals surface area (Å²) in [6.45, 7) is 0.834. The highest BCUT2D eigenvalue weighted by Gasteiger charge is 2.09. The van der Waals surface area contributed by atoms with Gasteiger partial charge in [-0.25, -0.2) is 4.39 Å². The molecule has 0 spiro atoms. The van der Waals surface area contributed by atoms with Gasteiger partial charge in [0.15, 0.2) is 11.5 Å². The number of benzene rings is 3. The maximum absolute atomic E-state index is 13.5. The second kappa shape index (κ2) is 9.34. The minimum Gasteiger partial charge on any atom is -0.493 e. The highest BCUT2D eigenvalue weighted by Crippen LogP contribution is 2.26. The van der Waals surface area contributed by atoms with Gasteiger partial charge >= 0.3 is 0 Å². The zero-order chi connectivity index (χ0) is 21.6. The lowest BCUT2D eigenvalue weighted by atomic mass is 10.1. The van der Waals surface area contributed by atoms with Gasteiger partial charge in [-0.05, 0) is 60.0 Å². The van der Waals surface area contributed by atoms with Crippen LogP contribution in [0.3, 0.4) is 0 Å². The Labute approximate surface area is 179 Å². The van der Waals surface area contributed by atoms with Gasteiger partial charge < -0.3 is 19.8 Å². The van der Waals surface area contributed by atoms with E-state index < -0.39 is 0 Å². The van der Waals surface area contributed by atoms with Gasteiger partial charge in [0.25, 0.3) is 5.91 Å². The van der Waals surface area contributed by atoms with Crippen molar-refractivity contribution in [3.8, 4) is 11.5 Å². The largest absolute Gasteiger partial charge is 0.493 e. The second-order valence-electron chi connectivity index (χ2n) is 7.15. The van der Waals surface area contributed by atoms with Crippen molar-refractivity contribution in [2.75, 3.05) is 13.7 Å². The van der Waals surface area contributed by atoms with Gasteiger partial charge in [0.1, 0.15) is 12.4 Å². The number of hydrogen-bond donors (Lipinski definition) is 2. The highest BCUT2D eigenvalue weighted by molar-refractivity contribution is 5.94. The number of rotatable bonds is 8. The Morgan fingerprint density at radius 2 is 1.81 bits per heavy atom. The Morgan fingerprint density at radius 3 is 2.58 bits per heavy atom. The van der Waals surface area contributed by atoms with Gasteiger partial charge in [-0.1, -0.05) is 24.3 Å². The van der Waals surface area contributed by atoms with Crippen molar-refractivity contribution >= 4 is 16.8 Å². The monoisotopic (exact) mass is 418 g/mol. The molecule has 0 atom stereocenters. The van der Waals surface area contributed by atoms with E-state index in [1.165, 1.54) is 12.1 Å². The van der Waals surface area contributed by atoms with E-state index in [1.54, 1.807) is 25.3 Å². The van der Waals surface area contributed by atoms with Crippen molar-refractivity contribution < 1.29 is 18.7 Å². The van der Waals surface area contributed by atoms with E-state index in [1.807, 2.05) is 42.6 Å². The Bertz CT molecular complexity index is 1190. The number of nitrogens with one attached hydrogen (secondary N) is 2. The topological polar surface area (TPSA) is 63.4 Å². The molecule has 1 heterocycles. The normalized spacial score (nSPS) is 10.8. The molecule has 1 amide bonds. The van der Waals surface area contributed by atoms with Crippen molar-refractivity contribution in [3.05, 3.63) is 95.4 Å². The van der Waals surface area contributed by atoms with E-state index in [2.05, 4.69) is 10.3 Å². The molecule has 0 saturated carbocycles. The van der Waals surface area contributed by atoms with Crippen molar-refractivity contribution in [1.29, 1.82) is 0 Å². The van der Waals surface area contributed by atoms with Gasteiger partial charge in [0, 0.05) is 29.2 Å². The summed E-state index contributed by atoms with van der Waals surface area (Å²) in [5, 5.41) is 3.76. The summed E-state index contributed by atoms with van der Waals surface area (Å²) >= 11 is 0. The van der Waals surface area contributed by atoms with E-state index in [4.69, 9.17) is 9.47 Å². The third kappa shape index (κ3) is 4.86. The van der Waals surface area contributed by atoms with Crippen molar-refractivity contribution in [2.45, 2.75) is 13.0 Å². The van der Waals surface area contributed by atoms with E-state index >= 15 is 0 Å². The molecule has 4 rings (SSSR count). The fraction of sp³-hybridized carbons (Fsp3) is 0.160. The molecule has 0 radical (unpaired) electrons. The second-order valence-corrected chi connectivity index (χ2v) is 7.15. The van der Waals surface area contributed by atoms with Crippen LogP contribution in [-0.4, -0.2) is 24.5 Å². The molecule has 3 aromatic carbocycles. The van der Waals surface area contributed by atoms with Crippen LogP contribution in [0, 0.1) is 5.82 Å². The lowest BCUT2D eigenvalue weighted by Crippen LogP contribution is -2.25. The maximum Gasteiger partial charge on any atom is 0.251 e. The first kappa shape index (κ1) is 20.5. The molecule has 0 unspecified atom stereocenters. The van der Waals surface area contributed by atoms with Gasteiger partial charge in [-0.15, -0.1) is 0 Å². The number of ether oxygens (including phenoxy) is 2. The average Bonchev–Trinajstić information content (AvgIpc) is 3.20. The van der Waals surface area contributed by atoms with E-state index in [0.29, 0.717) is 36.6 Å². The van der Waals surface area contributed by atoms with Crippen LogP contribution < -0.4 is 14.8 Å². The Balaban J connectivity index is 1.30. The fourth-order valence-corrected chi connectivity index (χ4v) is 3.42. The van der Waals surface area contributed by atoms with Gasteiger partial charge in [0.2, 0.25) is 0 Å². The molecule has 4 aromatic rings. The smallest absolute Gasteiger partial charge is 0.251 e. The minimum atomic E-state index is -0.271. The summed E-state index contributed by atoms with van der Waals surface area (Å²) in [6, 6.07) is 19.4. The average molecular weight is 418 g/mol. The molecule has 0 fully saturated rings. The summed E-state index contributed by atoms with van der Waals surface area (Å²) in [5.41, 5.74) is 3.38. The molecule has 5 nitrogen and oxygen atoms in total. The summed E-state index contributed by atoms with van der Waals surface area (Å²) < 4.78 is 24.6. The molecule has 0 aliphatic rings. The first-order chi connectivity index (χ1) is 15.1. The zero-order valence-corrected chi connectivity index (χ0v) is 17.2. The summed E-state index contributed by atoms with van der Waals surface area (Å²) in [5.74, 6) is 0.927. The number of hydrogen-bond acceptors (Lipinski definition) is 3. The molecule has 2 N–H and O–H groups in total. The summed E-state index contributed by atoms with van der Waals surface area (Å²) in [7, 11) is 1.60. The lowest BCUT2D eigenvalue weighted by Gasteiger charge is -2.11. The number of H-pyrrole nitrogens is 1. The molecule has 1 aromatic heterocycles. The number of fused-ring (bicyclic) bond motifs is 1. The van der Waals surface area contributed by atoms with Crippen LogP contribution in [0.25, 0.3) is 10.9 Å². The Hall–Kier alpha value is -3.80. The van der Waals surface area contributed by atoms with E-state index in [-0.39, 0.29) is 11.7 Å². The molecule has 0 saturated heterocycles. The van der Waals surface area contributed by atoms with Crippen molar-refractivity contribution in [2.24, 2.45) is 0 Å². The van der Waals surface area contributed by atoms with Crippen LogP contribution in [0.2, 0.25) is 0 Å². The number of halogens is 1. The SMILES string of the molecule is COc1ccccc1OCc1ccc(C(=O)NCCc2c[nH]c3ccc(F)cc23)cc1. The van der Waals surface area contributed by atoms with Crippen molar-refractivity contribution in [1.82, 2.24) is 10.3 Å². The standard InChI is InChI=1S/C25H23FN2O3/c1-30-23-4-2-3-5-24(23)31-16-17-6-8-18(9-7-17)25(29)27-13-12-19-15-28-22-11-10-20(26)14-21(19)22/h2-11,14-15,28H,12-13,16H2,1H3,(H,27,29). The number of para-hydroxylation sites is 2. The zero-order valence-electron chi connectivity index (χ0n) is 17.2. The minimum absolute atomic E-state index is 0.150. The van der Waals surface area contributed by atoms with Gasteiger partial charge in [-0.3, -0.25) is 4.79 Å². The molecular formula is C25H23FN2O3. The molecule has 0 aliphatic heterocycles. The van der Waals surface area contributed by atoms with E-state index in [9.17, 15) is 9.18 Å². The first-order valence-electron chi connectivity index (χ1n) is 10.0. The van der Waals surface area contributed by atoms with Crippen LogP contribution in [0.5, 0.6) is 11.5 Å². The molecule has 0 aliphatic carbocycles. The van der Waals surface area contributed by atoms with Crippen LogP contribution in [0.1, 0.15) is 21.5 Å². The number of amides is 1. The number of carbonyl (C=O) groups excluding carboxylic acids is 1. The lowest BCUT2D eigenvalue weighted by molar-refractivity contribution is 0.0954. The third-order valence-electron chi connectivity index (χ3n) is 5.09. The molecule has 158 valence electrons.